The summed E-state index contributed by atoms with van der Waals surface area (Å²) < 4.78 is 0. The van der Waals surface area contributed by atoms with Crippen molar-refractivity contribution in [3.8, 4) is 21.7 Å². The summed E-state index contributed by atoms with van der Waals surface area (Å²) in [6.45, 7) is 0. The van der Waals surface area contributed by atoms with Gasteiger partial charge in [0.15, 0.2) is 0 Å². The number of thiophene rings is 1. The highest BCUT2D eigenvalue weighted by Gasteiger charge is 2.10. The average Bonchev–Trinajstić information content (AvgIpc) is 3.35. The molecule has 3 nitrogen and oxygen atoms in total. The lowest BCUT2D eigenvalue weighted by molar-refractivity contribution is -0.115. The first-order chi connectivity index (χ1) is 12.8. The number of nitrogens with one attached hydrogen (secondary N) is 1. The van der Waals surface area contributed by atoms with Gasteiger partial charge in [-0.05, 0) is 34.7 Å². The molecule has 4 rings (SSSR count). The first kappa shape index (κ1) is 16.7. The van der Waals surface area contributed by atoms with Crippen LogP contribution in [0, 0.1) is 0 Å². The molecule has 2 aromatic heterocycles. The van der Waals surface area contributed by atoms with Crippen molar-refractivity contribution in [3.05, 3.63) is 82.5 Å². The van der Waals surface area contributed by atoms with Crippen molar-refractivity contribution in [2.24, 2.45) is 0 Å². The summed E-state index contributed by atoms with van der Waals surface area (Å²) >= 11 is 3.22. The van der Waals surface area contributed by atoms with E-state index in [2.05, 4.69) is 27.8 Å². The minimum Gasteiger partial charge on any atom is -0.326 e. The Bertz CT molecular complexity index is 990. The lowest BCUT2D eigenvalue weighted by Gasteiger charge is -2.06. The third-order valence-electron chi connectivity index (χ3n) is 3.94. The summed E-state index contributed by atoms with van der Waals surface area (Å²) in [5, 5.41) is 9.95. The lowest BCUT2D eigenvalue weighted by atomic mass is 10.1. The second-order valence-electron chi connectivity index (χ2n) is 5.82. The molecule has 1 N–H and O–H groups in total. The van der Waals surface area contributed by atoms with E-state index in [0.717, 1.165) is 33.1 Å². The van der Waals surface area contributed by atoms with Gasteiger partial charge in [0.2, 0.25) is 5.91 Å². The highest BCUT2D eigenvalue weighted by Crippen LogP contribution is 2.26. The molecule has 0 saturated carbocycles. The Hall–Kier alpha value is -2.76. The molecule has 0 aliphatic heterocycles. The maximum Gasteiger partial charge on any atom is 0.230 e. The number of anilines is 1. The predicted octanol–water partition coefficient (Wildman–Crippen LogP) is 5.72. The smallest absolute Gasteiger partial charge is 0.230 e. The van der Waals surface area contributed by atoms with Crippen LogP contribution in [0.1, 0.15) is 5.69 Å². The van der Waals surface area contributed by atoms with Gasteiger partial charge in [0.1, 0.15) is 5.01 Å². The minimum absolute atomic E-state index is 0.0559. The van der Waals surface area contributed by atoms with E-state index in [1.807, 2.05) is 59.3 Å². The molecule has 26 heavy (non-hydrogen) atoms. The second-order valence-corrected chi connectivity index (χ2v) is 7.46. The summed E-state index contributed by atoms with van der Waals surface area (Å²) in [4.78, 5) is 16.8. The molecule has 0 atom stereocenters. The van der Waals surface area contributed by atoms with E-state index in [1.54, 1.807) is 22.7 Å². The van der Waals surface area contributed by atoms with Gasteiger partial charge < -0.3 is 5.32 Å². The van der Waals surface area contributed by atoms with Crippen LogP contribution in [-0.4, -0.2) is 10.9 Å². The van der Waals surface area contributed by atoms with Gasteiger partial charge >= 0.3 is 0 Å². The summed E-state index contributed by atoms with van der Waals surface area (Å²) in [6.07, 6.45) is 0.279. The fourth-order valence-corrected chi connectivity index (χ4v) is 4.19. The van der Waals surface area contributed by atoms with Crippen LogP contribution in [0.15, 0.2) is 76.8 Å². The quantitative estimate of drug-likeness (QED) is 0.484. The molecule has 0 fully saturated rings. The van der Waals surface area contributed by atoms with Crippen LogP contribution in [0.2, 0.25) is 0 Å². The molecular weight excluding hydrogens is 360 g/mol. The number of benzene rings is 2. The molecule has 128 valence electrons. The third-order valence-corrected chi connectivity index (χ3v) is 5.56. The van der Waals surface area contributed by atoms with Crippen molar-refractivity contribution in [2.75, 3.05) is 5.32 Å². The first-order valence-electron chi connectivity index (χ1n) is 8.20. The number of nitrogens with zero attached hydrogens (tertiary/aromatic N) is 1. The van der Waals surface area contributed by atoms with Crippen LogP contribution in [0.3, 0.4) is 0 Å². The molecule has 5 heteroatoms. The zero-order chi connectivity index (χ0) is 17.8. The summed E-state index contributed by atoms with van der Waals surface area (Å²) in [7, 11) is 0. The van der Waals surface area contributed by atoms with Gasteiger partial charge in [-0.3, -0.25) is 4.79 Å². The van der Waals surface area contributed by atoms with E-state index in [0.29, 0.717) is 0 Å². The van der Waals surface area contributed by atoms with Gasteiger partial charge in [-0.15, -0.1) is 11.3 Å². The summed E-state index contributed by atoms with van der Waals surface area (Å²) in [6, 6.07) is 20.1. The van der Waals surface area contributed by atoms with E-state index in [9.17, 15) is 4.79 Å². The van der Waals surface area contributed by atoms with Crippen LogP contribution >= 0.6 is 22.7 Å². The van der Waals surface area contributed by atoms with Crippen molar-refractivity contribution in [1.82, 2.24) is 4.98 Å². The Morgan fingerprint density at radius 1 is 0.885 bits per heavy atom. The molecule has 4 aromatic rings. The molecule has 2 heterocycles. The summed E-state index contributed by atoms with van der Waals surface area (Å²) in [5.41, 5.74) is 5.00. The van der Waals surface area contributed by atoms with Crippen molar-refractivity contribution in [2.45, 2.75) is 6.42 Å². The van der Waals surface area contributed by atoms with Gasteiger partial charge in [-0.1, -0.05) is 42.5 Å². The maximum atomic E-state index is 12.3. The van der Waals surface area contributed by atoms with Crippen molar-refractivity contribution < 1.29 is 4.79 Å². The van der Waals surface area contributed by atoms with E-state index >= 15 is 0 Å². The fraction of sp³-hybridized carbons (Fsp3) is 0.0476. The monoisotopic (exact) mass is 376 g/mol. The highest BCUT2D eigenvalue weighted by atomic mass is 32.1. The number of amides is 1. The molecule has 0 bridgehead atoms. The van der Waals surface area contributed by atoms with Crippen LogP contribution in [-0.2, 0) is 11.2 Å². The molecule has 0 radical (unpaired) electrons. The van der Waals surface area contributed by atoms with Gasteiger partial charge in [-0.2, -0.15) is 11.3 Å². The second kappa shape index (κ2) is 7.64. The zero-order valence-corrected chi connectivity index (χ0v) is 15.5. The maximum absolute atomic E-state index is 12.3. The summed E-state index contributed by atoms with van der Waals surface area (Å²) in [5.74, 6) is -0.0559. The third kappa shape index (κ3) is 3.90. The highest BCUT2D eigenvalue weighted by molar-refractivity contribution is 7.14. The first-order valence-corrected chi connectivity index (χ1v) is 10.0. The van der Waals surface area contributed by atoms with Gasteiger partial charge in [0.05, 0.1) is 12.1 Å². The van der Waals surface area contributed by atoms with Crippen LogP contribution < -0.4 is 5.32 Å². The van der Waals surface area contributed by atoms with E-state index in [4.69, 9.17) is 0 Å². The molecule has 0 aliphatic carbocycles. The topological polar surface area (TPSA) is 42.0 Å². The number of hydrogen-bond donors (Lipinski definition) is 1. The van der Waals surface area contributed by atoms with Crippen LogP contribution in [0.5, 0.6) is 0 Å². The van der Waals surface area contributed by atoms with Gasteiger partial charge in [0.25, 0.3) is 0 Å². The van der Waals surface area contributed by atoms with Gasteiger partial charge in [0, 0.05) is 22.0 Å². The van der Waals surface area contributed by atoms with E-state index in [-0.39, 0.29) is 12.3 Å². The van der Waals surface area contributed by atoms with E-state index < -0.39 is 0 Å². The Morgan fingerprint density at radius 3 is 2.38 bits per heavy atom. The minimum atomic E-state index is -0.0559. The number of carbonyl (C=O) groups excluding carboxylic acids is 1. The lowest BCUT2D eigenvalue weighted by Crippen LogP contribution is -2.14. The number of rotatable bonds is 5. The molecule has 1 amide bonds. The molecule has 0 saturated heterocycles. The number of carbonyl (C=O) groups is 1. The normalized spacial score (nSPS) is 10.6. The van der Waals surface area contributed by atoms with E-state index in [1.165, 1.54) is 0 Å². The Morgan fingerprint density at radius 2 is 1.65 bits per heavy atom. The number of thiazole rings is 1. The fourth-order valence-electron chi connectivity index (χ4n) is 2.65. The SMILES string of the molecule is O=C(Cc1csc(-c2ccsc2)n1)Nc1ccc(-c2ccccc2)cc1. The molecule has 0 spiro atoms. The Balaban J connectivity index is 1.39. The number of hydrogen-bond acceptors (Lipinski definition) is 4. The van der Waals surface area contributed by atoms with Crippen molar-refractivity contribution in [3.63, 3.8) is 0 Å². The van der Waals surface area contributed by atoms with Crippen LogP contribution in [0.4, 0.5) is 5.69 Å². The van der Waals surface area contributed by atoms with Crippen LogP contribution in [0.25, 0.3) is 21.7 Å². The molecular formula is C21H16N2OS2. The molecule has 2 aromatic carbocycles. The molecule has 0 aliphatic rings. The Kier molecular flexibility index (Phi) is 4.91. The van der Waals surface area contributed by atoms with Crippen molar-refractivity contribution in [1.29, 1.82) is 0 Å². The predicted molar refractivity (Wildman–Crippen MR) is 110 cm³/mol. The standard InChI is InChI=1S/C21H16N2OS2/c24-20(12-19-14-26-21(23-19)17-10-11-25-13-17)22-18-8-6-16(7-9-18)15-4-2-1-3-5-15/h1-11,13-14H,12H2,(H,22,24). The molecule has 0 unspecified atom stereocenters. The zero-order valence-electron chi connectivity index (χ0n) is 13.9. The largest absolute Gasteiger partial charge is 0.326 e. The van der Waals surface area contributed by atoms with Gasteiger partial charge in [-0.25, -0.2) is 4.98 Å². The number of aromatic nitrogens is 1. The Labute approximate surface area is 160 Å². The average molecular weight is 377 g/mol. The van der Waals surface area contributed by atoms with Crippen molar-refractivity contribution >= 4 is 34.3 Å².